The van der Waals surface area contributed by atoms with Crippen LogP contribution in [0.5, 0.6) is 0 Å². The molecule has 0 aromatic carbocycles. The summed E-state index contributed by atoms with van der Waals surface area (Å²) in [6.45, 7) is 1.67. The van der Waals surface area contributed by atoms with Crippen molar-refractivity contribution in [2.24, 2.45) is 18.7 Å². The minimum absolute atomic E-state index is 0.545. The Kier molecular flexibility index (Phi) is 2.44. The maximum absolute atomic E-state index is 5.71. The van der Waals surface area contributed by atoms with Gasteiger partial charge in [0.1, 0.15) is 11.5 Å². The van der Waals surface area contributed by atoms with Crippen LogP contribution < -0.4 is 5.73 Å². The molecule has 0 spiro atoms. The third-order valence-corrected chi connectivity index (χ3v) is 3.33. The second kappa shape index (κ2) is 3.96. The number of nitrogens with zero attached hydrogens (tertiary/aromatic N) is 5. The Morgan fingerprint density at radius 1 is 1.47 bits per heavy atom. The summed E-state index contributed by atoms with van der Waals surface area (Å²) in [5.41, 5.74) is 6.60. The highest BCUT2D eigenvalue weighted by Gasteiger charge is 2.23. The molecule has 2 aromatic heterocycles. The van der Waals surface area contributed by atoms with Crippen LogP contribution in [-0.2, 0) is 20.0 Å². The third kappa shape index (κ3) is 1.74. The van der Waals surface area contributed by atoms with Crippen LogP contribution in [0, 0.1) is 5.92 Å². The molecule has 17 heavy (non-hydrogen) atoms. The molecule has 90 valence electrons. The zero-order valence-electron chi connectivity index (χ0n) is 9.87. The molecular formula is C11H16N6. The van der Waals surface area contributed by atoms with Crippen LogP contribution in [0.1, 0.15) is 12.2 Å². The van der Waals surface area contributed by atoms with Gasteiger partial charge in [-0.05, 0) is 18.9 Å². The van der Waals surface area contributed by atoms with Crippen LogP contribution >= 0.6 is 0 Å². The van der Waals surface area contributed by atoms with Gasteiger partial charge in [0, 0.05) is 26.2 Å². The molecule has 0 saturated heterocycles. The highest BCUT2D eigenvalue weighted by atomic mass is 15.3. The summed E-state index contributed by atoms with van der Waals surface area (Å²) in [4.78, 5) is 4.32. The average molecular weight is 232 g/mol. The highest BCUT2D eigenvalue weighted by Crippen LogP contribution is 2.23. The molecule has 1 atom stereocenters. The lowest BCUT2D eigenvalue weighted by atomic mass is 9.98. The molecule has 0 bridgehead atoms. The zero-order valence-corrected chi connectivity index (χ0v) is 9.87. The van der Waals surface area contributed by atoms with E-state index in [4.69, 9.17) is 5.73 Å². The normalized spacial score (nSPS) is 19.3. The van der Waals surface area contributed by atoms with Gasteiger partial charge in [-0.15, -0.1) is 10.2 Å². The Hall–Kier alpha value is -1.69. The molecular weight excluding hydrogens is 216 g/mol. The van der Waals surface area contributed by atoms with E-state index in [9.17, 15) is 0 Å². The highest BCUT2D eigenvalue weighted by molar-refractivity contribution is 5.48. The van der Waals surface area contributed by atoms with E-state index in [-0.39, 0.29) is 0 Å². The smallest absolute Gasteiger partial charge is 0.184 e. The number of fused-ring (bicyclic) bond motifs is 1. The van der Waals surface area contributed by atoms with Crippen molar-refractivity contribution in [3.63, 3.8) is 0 Å². The summed E-state index contributed by atoms with van der Waals surface area (Å²) in [7, 11) is 1.95. The van der Waals surface area contributed by atoms with Crippen molar-refractivity contribution < 1.29 is 0 Å². The quantitative estimate of drug-likeness (QED) is 0.802. The van der Waals surface area contributed by atoms with E-state index in [1.807, 2.05) is 17.8 Å². The first-order valence-corrected chi connectivity index (χ1v) is 5.88. The number of hydrogen-bond donors (Lipinski definition) is 1. The molecule has 0 saturated carbocycles. The fourth-order valence-corrected chi connectivity index (χ4v) is 2.31. The van der Waals surface area contributed by atoms with E-state index >= 15 is 0 Å². The molecule has 1 unspecified atom stereocenters. The molecule has 2 aromatic rings. The van der Waals surface area contributed by atoms with Crippen LogP contribution in [0.15, 0.2) is 12.5 Å². The number of aryl methyl sites for hydroxylation is 1. The van der Waals surface area contributed by atoms with Crippen LogP contribution in [-0.4, -0.2) is 30.9 Å². The monoisotopic (exact) mass is 232 g/mol. The number of aromatic nitrogens is 5. The first-order chi connectivity index (χ1) is 8.28. The van der Waals surface area contributed by atoms with Crippen molar-refractivity contribution in [1.29, 1.82) is 0 Å². The Balaban J connectivity index is 1.96. The van der Waals surface area contributed by atoms with Crippen molar-refractivity contribution in [3.8, 4) is 11.5 Å². The zero-order chi connectivity index (χ0) is 11.8. The standard InChI is InChI=1S/C11H16N6/c1-16-6-9(13-7-16)11-15-14-10-4-8(5-12)2-3-17(10)11/h6-8H,2-5,12H2,1H3. The predicted octanol–water partition coefficient (Wildman–Crippen LogP) is 0.200. The van der Waals surface area contributed by atoms with Crippen molar-refractivity contribution >= 4 is 0 Å². The summed E-state index contributed by atoms with van der Waals surface area (Å²) < 4.78 is 4.08. The number of imidazole rings is 1. The van der Waals surface area contributed by atoms with Gasteiger partial charge >= 0.3 is 0 Å². The van der Waals surface area contributed by atoms with Crippen LogP contribution in [0.2, 0.25) is 0 Å². The van der Waals surface area contributed by atoms with Gasteiger partial charge in [0.2, 0.25) is 0 Å². The molecule has 0 amide bonds. The SMILES string of the molecule is Cn1cnc(-c2nnc3n2CCC(CN)C3)c1. The van der Waals surface area contributed by atoms with E-state index in [0.29, 0.717) is 5.92 Å². The summed E-state index contributed by atoms with van der Waals surface area (Å²) in [5.74, 6) is 2.45. The summed E-state index contributed by atoms with van der Waals surface area (Å²) in [6.07, 6.45) is 5.77. The second-order valence-corrected chi connectivity index (χ2v) is 4.61. The lowest BCUT2D eigenvalue weighted by molar-refractivity contribution is 0.391. The third-order valence-electron chi connectivity index (χ3n) is 3.33. The first kappa shape index (κ1) is 10.5. The van der Waals surface area contributed by atoms with E-state index < -0.39 is 0 Å². The Morgan fingerprint density at radius 3 is 3.06 bits per heavy atom. The number of nitrogens with two attached hydrogens (primary N) is 1. The molecule has 3 rings (SSSR count). The Labute approximate surface area is 99.5 Å². The van der Waals surface area contributed by atoms with Gasteiger partial charge in [-0.1, -0.05) is 0 Å². The van der Waals surface area contributed by atoms with E-state index in [2.05, 4.69) is 19.7 Å². The van der Waals surface area contributed by atoms with E-state index in [1.54, 1.807) is 6.33 Å². The summed E-state index contributed by atoms with van der Waals surface area (Å²) >= 11 is 0. The topological polar surface area (TPSA) is 74.5 Å². The van der Waals surface area contributed by atoms with Gasteiger partial charge in [0.25, 0.3) is 0 Å². The molecule has 0 radical (unpaired) electrons. The van der Waals surface area contributed by atoms with Gasteiger partial charge < -0.3 is 14.9 Å². The van der Waals surface area contributed by atoms with Crippen LogP contribution in [0.25, 0.3) is 11.5 Å². The van der Waals surface area contributed by atoms with Crippen LogP contribution in [0.3, 0.4) is 0 Å². The predicted molar refractivity (Wildman–Crippen MR) is 63.1 cm³/mol. The van der Waals surface area contributed by atoms with Gasteiger partial charge in [-0.2, -0.15) is 0 Å². The van der Waals surface area contributed by atoms with Gasteiger partial charge in [-0.25, -0.2) is 4.98 Å². The Bertz CT molecular complexity index is 526. The first-order valence-electron chi connectivity index (χ1n) is 5.88. The lowest BCUT2D eigenvalue weighted by Crippen LogP contribution is -2.25. The second-order valence-electron chi connectivity index (χ2n) is 4.61. The fraction of sp³-hybridized carbons (Fsp3) is 0.545. The van der Waals surface area contributed by atoms with E-state index in [0.717, 1.165) is 43.3 Å². The molecule has 6 heteroatoms. The minimum Gasteiger partial charge on any atom is -0.340 e. The average Bonchev–Trinajstić information content (AvgIpc) is 2.93. The molecule has 2 N–H and O–H groups in total. The maximum Gasteiger partial charge on any atom is 0.184 e. The Morgan fingerprint density at radius 2 is 2.35 bits per heavy atom. The van der Waals surface area contributed by atoms with Crippen molar-refractivity contribution in [1.82, 2.24) is 24.3 Å². The van der Waals surface area contributed by atoms with Crippen molar-refractivity contribution in [2.45, 2.75) is 19.4 Å². The van der Waals surface area contributed by atoms with Crippen molar-refractivity contribution in [2.75, 3.05) is 6.54 Å². The minimum atomic E-state index is 0.545. The molecule has 3 heterocycles. The van der Waals surface area contributed by atoms with Gasteiger partial charge in [0.05, 0.1) is 6.33 Å². The number of rotatable bonds is 2. The van der Waals surface area contributed by atoms with E-state index in [1.165, 1.54) is 0 Å². The van der Waals surface area contributed by atoms with Crippen molar-refractivity contribution in [3.05, 3.63) is 18.3 Å². The molecule has 6 nitrogen and oxygen atoms in total. The number of hydrogen-bond acceptors (Lipinski definition) is 4. The fourth-order valence-electron chi connectivity index (χ4n) is 2.31. The lowest BCUT2D eigenvalue weighted by Gasteiger charge is -2.21. The largest absolute Gasteiger partial charge is 0.340 e. The van der Waals surface area contributed by atoms with Gasteiger partial charge in [0.15, 0.2) is 5.82 Å². The summed E-state index contributed by atoms with van der Waals surface area (Å²) in [6, 6.07) is 0. The molecule has 0 aliphatic carbocycles. The molecule has 1 aliphatic rings. The summed E-state index contributed by atoms with van der Waals surface area (Å²) in [5, 5.41) is 8.50. The van der Waals surface area contributed by atoms with Crippen LogP contribution in [0.4, 0.5) is 0 Å². The molecule has 0 fully saturated rings. The maximum atomic E-state index is 5.71. The molecule has 1 aliphatic heterocycles. The van der Waals surface area contributed by atoms with Gasteiger partial charge in [-0.3, -0.25) is 0 Å².